The fourth-order valence-corrected chi connectivity index (χ4v) is 9.98. The molecular formula is C53H36N2. The molecule has 12 rings (SSSR count). The van der Waals surface area contributed by atoms with Gasteiger partial charge in [0.25, 0.3) is 0 Å². The molecule has 0 spiro atoms. The highest BCUT2D eigenvalue weighted by molar-refractivity contribution is 6.25. The first-order valence-electron chi connectivity index (χ1n) is 19.3. The van der Waals surface area contributed by atoms with Crippen molar-refractivity contribution >= 4 is 65.2 Å². The molecule has 258 valence electrons. The molecule has 0 radical (unpaired) electrons. The van der Waals surface area contributed by atoms with Gasteiger partial charge in [-0.05, 0) is 91.8 Å². The Morgan fingerprint density at radius 3 is 1.87 bits per heavy atom. The van der Waals surface area contributed by atoms with Crippen LogP contribution >= 0.6 is 0 Å². The second-order valence-electron chi connectivity index (χ2n) is 15.7. The van der Waals surface area contributed by atoms with Crippen LogP contribution in [0.25, 0.3) is 98.8 Å². The standard InChI is InChI=1S/C53H36N2/c1-53(2)44-21-9-7-19-41(44)52-45(53)22-12-24-47(52)55-48-30-27-34-14-4-6-17-39(34)51(48)43-31-42-40-18-8-10-23-46(40)54(49(42)32-50(43)55)36-28-25-35(26-29-36)38-20-11-15-33-13-3-5-16-37(33)38/h3-32H,1-2H3. The Morgan fingerprint density at radius 1 is 0.382 bits per heavy atom. The van der Waals surface area contributed by atoms with E-state index >= 15 is 0 Å². The minimum absolute atomic E-state index is 0.0920. The van der Waals surface area contributed by atoms with E-state index in [0.717, 1.165) is 5.69 Å². The minimum atomic E-state index is -0.0920. The lowest BCUT2D eigenvalue weighted by Crippen LogP contribution is -2.14. The second kappa shape index (κ2) is 11.1. The molecule has 1 aliphatic rings. The van der Waals surface area contributed by atoms with Gasteiger partial charge >= 0.3 is 0 Å². The van der Waals surface area contributed by atoms with Crippen molar-refractivity contribution in [3.8, 4) is 33.6 Å². The topological polar surface area (TPSA) is 9.86 Å². The Bertz CT molecular complexity index is 3380. The number of hydrogen-bond acceptors (Lipinski definition) is 0. The summed E-state index contributed by atoms with van der Waals surface area (Å²) in [5, 5.41) is 10.2. The molecule has 0 N–H and O–H groups in total. The lowest BCUT2D eigenvalue weighted by molar-refractivity contribution is 0.660. The van der Waals surface area contributed by atoms with E-state index in [4.69, 9.17) is 0 Å². The molecule has 0 saturated carbocycles. The minimum Gasteiger partial charge on any atom is -0.309 e. The highest BCUT2D eigenvalue weighted by Gasteiger charge is 2.37. The number of fused-ring (bicyclic) bond motifs is 12. The number of aromatic nitrogens is 2. The Hall–Kier alpha value is -6.90. The van der Waals surface area contributed by atoms with Crippen LogP contribution < -0.4 is 0 Å². The summed E-state index contributed by atoms with van der Waals surface area (Å²) in [5.41, 5.74) is 15.0. The van der Waals surface area contributed by atoms with Crippen LogP contribution in [0, 0.1) is 0 Å². The van der Waals surface area contributed by atoms with Gasteiger partial charge in [-0.1, -0.05) is 153 Å². The van der Waals surface area contributed by atoms with E-state index in [9.17, 15) is 0 Å². The monoisotopic (exact) mass is 700 g/mol. The molecule has 2 aromatic heterocycles. The van der Waals surface area contributed by atoms with E-state index in [2.05, 4.69) is 205 Å². The van der Waals surface area contributed by atoms with Crippen LogP contribution in [0.15, 0.2) is 182 Å². The van der Waals surface area contributed by atoms with Crippen LogP contribution in [-0.4, -0.2) is 9.13 Å². The van der Waals surface area contributed by atoms with E-state index in [1.807, 2.05) is 0 Å². The lowest BCUT2D eigenvalue weighted by atomic mass is 9.82. The molecule has 11 aromatic rings. The SMILES string of the molecule is CC1(C)c2ccccc2-c2c(-n3c4cc5c(cc4c4c6ccccc6ccc43)c3ccccc3n5-c3ccc(-c4cccc5ccccc45)cc3)cccc21. The molecule has 0 aliphatic heterocycles. The van der Waals surface area contributed by atoms with Gasteiger partial charge in [0.1, 0.15) is 0 Å². The molecule has 2 nitrogen and oxygen atoms in total. The maximum Gasteiger partial charge on any atom is 0.0562 e. The first kappa shape index (κ1) is 30.6. The van der Waals surface area contributed by atoms with E-state index in [1.54, 1.807) is 0 Å². The van der Waals surface area contributed by atoms with Gasteiger partial charge in [-0.15, -0.1) is 0 Å². The summed E-state index contributed by atoms with van der Waals surface area (Å²) >= 11 is 0. The third-order valence-corrected chi connectivity index (χ3v) is 12.5. The van der Waals surface area contributed by atoms with Crippen LogP contribution in [-0.2, 0) is 5.41 Å². The average Bonchev–Trinajstić information content (AvgIpc) is 3.82. The van der Waals surface area contributed by atoms with Crippen LogP contribution in [0.3, 0.4) is 0 Å². The van der Waals surface area contributed by atoms with Crippen LogP contribution in [0.4, 0.5) is 0 Å². The third kappa shape index (κ3) is 4.14. The molecular weight excluding hydrogens is 665 g/mol. The first-order valence-corrected chi connectivity index (χ1v) is 19.3. The molecule has 9 aromatic carbocycles. The van der Waals surface area contributed by atoms with Gasteiger partial charge in [0.05, 0.1) is 27.8 Å². The summed E-state index contributed by atoms with van der Waals surface area (Å²) in [6.07, 6.45) is 0. The number of hydrogen-bond donors (Lipinski definition) is 0. The van der Waals surface area contributed by atoms with E-state index < -0.39 is 0 Å². The molecule has 0 amide bonds. The molecule has 2 heteroatoms. The highest BCUT2D eigenvalue weighted by atomic mass is 15.0. The van der Waals surface area contributed by atoms with Crippen molar-refractivity contribution in [2.75, 3.05) is 0 Å². The van der Waals surface area contributed by atoms with E-state index in [0.29, 0.717) is 0 Å². The largest absolute Gasteiger partial charge is 0.309 e. The lowest BCUT2D eigenvalue weighted by Gasteiger charge is -2.22. The number of para-hydroxylation sites is 1. The predicted molar refractivity (Wildman–Crippen MR) is 233 cm³/mol. The summed E-state index contributed by atoms with van der Waals surface area (Å²) in [7, 11) is 0. The van der Waals surface area contributed by atoms with Gasteiger partial charge in [0.2, 0.25) is 0 Å². The van der Waals surface area contributed by atoms with E-state index in [1.165, 1.54) is 104 Å². The van der Waals surface area contributed by atoms with Gasteiger partial charge < -0.3 is 9.13 Å². The number of benzene rings is 9. The molecule has 2 heterocycles. The quantitative estimate of drug-likeness (QED) is 0.174. The van der Waals surface area contributed by atoms with Gasteiger partial charge in [-0.2, -0.15) is 0 Å². The molecule has 0 bridgehead atoms. The van der Waals surface area contributed by atoms with Crippen molar-refractivity contribution in [1.29, 1.82) is 0 Å². The summed E-state index contributed by atoms with van der Waals surface area (Å²) in [5.74, 6) is 0. The molecule has 0 fully saturated rings. The fourth-order valence-electron chi connectivity index (χ4n) is 9.98. The third-order valence-electron chi connectivity index (χ3n) is 12.5. The highest BCUT2D eigenvalue weighted by Crippen LogP contribution is 2.52. The Balaban J connectivity index is 1.18. The van der Waals surface area contributed by atoms with Crippen molar-refractivity contribution in [3.05, 3.63) is 193 Å². The van der Waals surface area contributed by atoms with Gasteiger partial charge in [0, 0.05) is 38.2 Å². The summed E-state index contributed by atoms with van der Waals surface area (Å²) < 4.78 is 5.02. The molecule has 55 heavy (non-hydrogen) atoms. The fraction of sp³-hybridized carbons (Fsp3) is 0.0566. The van der Waals surface area contributed by atoms with Crippen molar-refractivity contribution in [2.45, 2.75) is 19.3 Å². The Labute approximate surface area is 319 Å². The molecule has 1 aliphatic carbocycles. The maximum absolute atomic E-state index is 2.55. The van der Waals surface area contributed by atoms with Gasteiger partial charge in [0.15, 0.2) is 0 Å². The zero-order valence-electron chi connectivity index (χ0n) is 30.7. The van der Waals surface area contributed by atoms with Crippen molar-refractivity contribution in [1.82, 2.24) is 9.13 Å². The maximum atomic E-state index is 2.55. The average molecular weight is 701 g/mol. The van der Waals surface area contributed by atoms with Crippen LogP contribution in [0.5, 0.6) is 0 Å². The molecule has 0 unspecified atom stereocenters. The Morgan fingerprint density at radius 2 is 1.02 bits per heavy atom. The summed E-state index contributed by atoms with van der Waals surface area (Å²) in [6.45, 7) is 4.74. The number of rotatable bonds is 3. The van der Waals surface area contributed by atoms with Crippen molar-refractivity contribution in [3.63, 3.8) is 0 Å². The zero-order chi connectivity index (χ0) is 36.4. The zero-order valence-corrected chi connectivity index (χ0v) is 30.7. The summed E-state index contributed by atoms with van der Waals surface area (Å²) in [4.78, 5) is 0. The van der Waals surface area contributed by atoms with Gasteiger partial charge in [-0.3, -0.25) is 0 Å². The van der Waals surface area contributed by atoms with Crippen molar-refractivity contribution < 1.29 is 0 Å². The Kier molecular flexibility index (Phi) is 6.15. The van der Waals surface area contributed by atoms with E-state index in [-0.39, 0.29) is 5.41 Å². The second-order valence-corrected chi connectivity index (χ2v) is 15.7. The molecule has 0 saturated heterocycles. The number of nitrogens with zero attached hydrogens (tertiary/aromatic N) is 2. The predicted octanol–water partition coefficient (Wildman–Crippen LogP) is 14.2. The summed E-state index contributed by atoms with van der Waals surface area (Å²) in [6, 6.07) is 67.6. The normalized spacial score (nSPS) is 13.4. The van der Waals surface area contributed by atoms with Crippen LogP contribution in [0.1, 0.15) is 25.0 Å². The molecule has 0 atom stereocenters. The smallest absolute Gasteiger partial charge is 0.0562 e. The van der Waals surface area contributed by atoms with Gasteiger partial charge in [-0.25, -0.2) is 0 Å². The van der Waals surface area contributed by atoms with Crippen LogP contribution in [0.2, 0.25) is 0 Å². The van der Waals surface area contributed by atoms with Crippen molar-refractivity contribution in [2.24, 2.45) is 0 Å². The first-order chi connectivity index (χ1) is 27.1.